The van der Waals surface area contributed by atoms with Crippen LogP contribution in [0.5, 0.6) is 0 Å². The number of benzene rings is 1. The van der Waals surface area contributed by atoms with Crippen molar-refractivity contribution in [2.24, 2.45) is 0 Å². The summed E-state index contributed by atoms with van der Waals surface area (Å²) in [5, 5.41) is 18.9. The third kappa shape index (κ3) is 4.01. The molecule has 2 amide bonds. The topological polar surface area (TPSA) is 78.4 Å². The first-order chi connectivity index (χ1) is 11.6. The summed E-state index contributed by atoms with van der Waals surface area (Å²) in [6.07, 6.45) is 2.49. The summed E-state index contributed by atoms with van der Waals surface area (Å²) in [6, 6.07) is 7.53. The minimum atomic E-state index is -0.729. The Bertz CT molecular complexity index is 728. The number of carbonyl (C=O) groups is 2. The summed E-state index contributed by atoms with van der Waals surface area (Å²) in [7, 11) is 0. The Kier molecular flexibility index (Phi) is 5.27. The van der Waals surface area contributed by atoms with Crippen molar-refractivity contribution < 1.29 is 14.7 Å². The molecule has 1 atom stereocenters. The van der Waals surface area contributed by atoms with Crippen LogP contribution < -0.4 is 10.6 Å². The van der Waals surface area contributed by atoms with Gasteiger partial charge in [0.25, 0.3) is 5.91 Å². The number of thiophene rings is 1. The molecule has 3 rings (SSSR count). The standard InChI is InChI=1S/C18H20N2O3S/c21-16(15-6-7-24-11-15)9-19-17(22)10-20-18(23)14-5-4-12-2-1-3-13(12)8-14/h4-8,11,16,21H,1-3,9-10H2,(H,19,22)(H,20,23). The predicted octanol–water partition coefficient (Wildman–Crippen LogP) is 1.82. The van der Waals surface area contributed by atoms with E-state index in [0.29, 0.717) is 5.56 Å². The van der Waals surface area contributed by atoms with E-state index in [1.165, 1.54) is 22.5 Å². The molecule has 1 aliphatic carbocycles. The molecule has 1 aromatic carbocycles. The number of amides is 2. The first kappa shape index (κ1) is 16.7. The van der Waals surface area contributed by atoms with Crippen LogP contribution >= 0.6 is 11.3 Å². The lowest BCUT2D eigenvalue weighted by Gasteiger charge is -2.11. The van der Waals surface area contributed by atoms with Crippen molar-refractivity contribution in [1.82, 2.24) is 10.6 Å². The van der Waals surface area contributed by atoms with Crippen LogP contribution in [0.2, 0.25) is 0 Å². The van der Waals surface area contributed by atoms with Crippen LogP contribution in [0.4, 0.5) is 0 Å². The van der Waals surface area contributed by atoms with Gasteiger partial charge < -0.3 is 15.7 Å². The van der Waals surface area contributed by atoms with Crippen molar-refractivity contribution in [3.05, 3.63) is 57.3 Å². The number of hydrogen-bond donors (Lipinski definition) is 3. The van der Waals surface area contributed by atoms with Crippen LogP contribution in [0.25, 0.3) is 0 Å². The molecule has 126 valence electrons. The molecule has 1 aliphatic rings. The van der Waals surface area contributed by atoms with Crippen molar-refractivity contribution in [2.75, 3.05) is 13.1 Å². The van der Waals surface area contributed by atoms with Gasteiger partial charge in [0, 0.05) is 12.1 Å². The monoisotopic (exact) mass is 344 g/mol. The number of hydrogen-bond acceptors (Lipinski definition) is 4. The van der Waals surface area contributed by atoms with Gasteiger partial charge in [-0.05, 0) is 64.9 Å². The fourth-order valence-electron chi connectivity index (χ4n) is 2.83. The second-order valence-electron chi connectivity index (χ2n) is 5.90. The van der Waals surface area contributed by atoms with E-state index in [2.05, 4.69) is 10.6 Å². The Morgan fingerprint density at radius 3 is 2.79 bits per heavy atom. The molecule has 0 bridgehead atoms. The molecular formula is C18H20N2O3S. The number of nitrogens with one attached hydrogen (secondary N) is 2. The van der Waals surface area contributed by atoms with Crippen LogP contribution in [0, 0.1) is 0 Å². The first-order valence-electron chi connectivity index (χ1n) is 8.00. The lowest BCUT2D eigenvalue weighted by atomic mass is 10.1. The van der Waals surface area contributed by atoms with Gasteiger partial charge in [0.2, 0.25) is 5.91 Å². The molecule has 24 heavy (non-hydrogen) atoms. The maximum atomic E-state index is 12.1. The Morgan fingerprint density at radius 2 is 2.00 bits per heavy atom. The predicted molar refractivity (Wildman–Crippen MR) is 93.1 cm³/mol. The molecule has 6 heteroatoms. The summed E-state index contributed by atoms with van der Waals surface area (Å²) in [5.74, 6) is -0.572. The molecule has 0 radical (unpaired) electrons. The van der Waals surface area contributed by atoms with Gasteiger partial charge in [0.05, 0.1) is 12.6 Å². The Morgan fingerprint density at radius 1 is 1.17 bits per heavy atom. The summed E-state index contributed by atoms with van der Waals surface area (Å²) < 4.78 is 0. The Labute approximate surface area is 144 Å². The van der Waals surface area contributed by atoms with Crippen LogP contribution in [0.3, 0.4) is 0 Å². The SMILES string of the molecule is O=C(CNC(=O)c1ccc2c(c1)CCC2)NCC(O)c1ccsc1. The fourth-order valence-corrected chi connectivity index (χ4v) is 3.54. The number of carbonyl (C=O) groups excluding carboxylic acids is 2. The van der Waals surface area contributed by atoms with E-state index in [1.54, 1.807) is 6.07 Å². The van der Waals surface area contributed by atoms with Gasteiger partial charge in [-0.1, -0.05) is 6.07 Å². The summed E-state index contributed by atoms with van der Waals surface area (Å²) >= 11 is 1.49. The molecule has 1 heterocycles. The smallest absolute Gasteiger partial charge is 0.251 e. The van der Waals surface area contributed by atoms with Crippen molar-refractivity contribution in [3.8, 4) is 0 Å². The highest BCUT2D eigenvalue weighted by molar-refractivity contribution is 7.07. The number of aryl methyl sites for hydroxylation is 2. The molecule has 1 unspecified atom stereocenters. The number of fused-ring (bicyclic) bond motifs is 1. The highest BCUT2D eigenvalue weighted by Crippen LogP contribution is 2.22. The fraction of sp³-hybridized carbons (Fsp3) is 0.333. The van der Waals surface area contributed by atoms with Crippen LogP contribution in [0.1, 0.15) is 39.6 Å². The molecule has 5 nitrogen and oxygen atoms in total. The number of rotatable bonds is 6. The van der Waals surface area contributed by atoms with E-state index in [-0.39, 0.29) is 24.9 Å². The minimum absolute atomic E-state index is 0.105. The number of aliphatic hydroxyl groups excluding tert-OH is 1. The molecule has 2 aromatic rings. The molecule has 0 fully saturated rings. The van der Waals surface area contributed by atoms with Gasteiger partial charge in [0.15, 0.2) is 0 Å². The maximum absolute atomic E-state index is 12.1. The second-order valence-corrected chi connectivity index (χ2v) is 6.68. The van der Waals surface area contributed by atoms with Crippen molar-refractivity contribution >= 4 is 23.2 Å². The molecule has 1 aromatic heterocycles. The van der Waals surface area contributed by atoms with Gasteiger partial charge in [-0.15, -0.1) is 0 Å². The Hall–Kier alpha value is -2.18. The lowest BCUT2D eigenvalue weighted by Crippen LogP contribution is -2.38. The molecule has 0 saturated heterocycles. The zero-order chi connectivity index (χ0) is 16.9. The molecule has 3 N–H and O–H groups in total. The van der Waals surface area contributed by atoms with Crippen molar-refractivity contribution in [1.29, 1.82) is 0 Å². The summed E-state index contributed by atoms with van der Waals surface area (Å²) in [6.45, 7) is 0.0244. The highest BCUT2D eigenvalue weighted by Gasteiger charge is 2.15. The van der Waals surface area contributed by atoms with Gasteiger partial charge in [0.1, 0.15) is 0 Å². The van der Waals surface area contributed by atoms with E-state index in [4.69, 9.17) is 0 Å². The van der Waals surface area contributed by atoms with E-state index in [9.17, 15) is 14.7 Å². The molecular weight excluding hydrogens is 324 g/mol. The van der Waals surface area contributed by atoms with Crippen molar-refractivity contribution in [3.63, 3.8) is 0 Å². The van der Waals surface area contributed by atoms with Crippen LogP contribution in [-0.2, 0) is 17.6 Å². The zero-order valence-electron chi connectivity index (χ0n) is 13.2. The Balaban J connectivity index is 1.45. The third-order valence-corrected chi connectivity index (χ3v) is 4.89. The van der Waals surface area contributed by atoms with Crippen LogP contribution in [-0.4, -0.2) is 30.0 Å². The largest absolute Gasteiger partial charge is 0.387 e. The molecule has 0 spiro atoms. The average Bonchev–Trinajstić information content (AvgIpc) is 3.27. The molecule has 0 aliphatic heterocycles. The molecule has 0 saturated carbocycles. The summed E-state index contributed by atoms with van der Waals surface area (Å²) in [4.78, 5) is 23.9. The quantitative estimate of drug-likeness (QED) is 0.748. The maximum Gasteiger partial charge on any atom is 0.251 e. The van der Waals surface area contributed by atoms with Gasteiger partial charge in [-0.2, -0.15) is 11.3 Å². The van der Waals surface area contributed by atoms with E-state index >= 15 is 0 Å². The van der Waals surface area contributed by atoms with Gasteiger partial charge in [-0.25, -0.2) is 0 Å². The van der Waals surface area contributed by atoms with E-state index < -0.39 is 6.10 Å². The summed E-state index contributed by atoms with van der Waals surface area (Å²) in [5.41, 5.74) is 3.90. The average molecular weight is 344 g/mol. The van der Waals surface area contributed by atoms with E-state index in [0.717, 1.165) is 24.8 Å². The zero-order valence-corrected chi connectivity index (χ0v) is 14.1. The van der Waals surface area contributed by atoms with Crippen molar-refractivity contribution in [2.45, 2.75) is 25.4 Å². The van der Waals surface area contributed by atoms with Crippen LogP contribution in [0.15, 0.2) is 35.0 Å². The third-order valence-electron chi connectivity index (χ3n) is 4.19. The van der Waals surface area contributed by atoms with E-state index in [1.807, 2.05) is 29.0 Å². The number of aliphatic hydroxyl groups is 1. The minimum Gasteiger partial charge on any atom is -0.387 e. The normalized spacial score (nSPS) is 14.0. The lowest BCUT2D eigenvalue weighted by molar-refractivity contribution is -0.120. The van der Waals surface area contributed by atoms with Gasteiger partial charge >= 0.3 is 0 Å². The van der Waals surface area contributed by atoms with Gasteiger partial charge in [-0.3, -0.25) is 9.59 Å². The first-order valence-corrected chi connectivity index (χ1v) is 8.94. The second kappa shape index (κ2) is 7.59. The highest BCUT2D eigenvalue weighted by atomic mass is 32.1.